The Kier molecular flexibility index (Phi) is 7.90. The second-order valence-corrected chi connectivity index (χ2v) is 5.42. The van der Waals surface area contributed by atoms with Gasteiger partial charge in [0.25, 0.3) is 11.8 Å². The van der Waals surface area contributed by atoms with Gasteiger partial charge in [0.2, 0.25) is 0 Å². The molecule has 0 saturated heterocycles. The smallest absolute Gasteiger partial charge is 0.276 e. The number of hydrogen-bond acceptors (Lipinski definition) is 5. The van der Waals surface area contributed by atoms with Crippen molar-refractivity contribution in [1.29, 1.82) is 0 Å². The van der Waals surface area contributed by atoms with Gasteiger partial charge in [0.1, 0.15) is 11.6 Å². The number of hydrazine groups is 1. The molecule has 144 valence electrons. The van der Waals surface area contributed by atoms with Crippen molar-refractivity contribution in [3.05, 3.63) is 54.3 Å². The van der Waals surface area contributed by atoms with Crippen LogP contribution in [0, 0.1) is 5.82 Å². The zero-order valence-electron chi connectivity index (χ0n) is 14.9. The number of nitrogens with one attached hydrogen (secondary N) is 2. The second kappa shape index (κ2) is 10.6. The van der Waals surface area contributed by atoms with Crippen molar-refractivity contribution in [2.24, 2.45) is 0 Å². The summed E-state index contributed by atoms with van der Waals surface area (Å²) in [6.45, 7) is 1.89. The minimum absolute atomic E-state index is 0.300. The van der Waals surface area contributed by atoms with Gasteiger partial charge in [0.15, 0.2) is 24.7 Å². The summed E-state index contributed by atoms with van der Waals surface area (Å²) < 4.78 is 28.9. The van der Waals surface area contributed by atoms with Crippen molar-refractivity contribution in [2.75, 3.05) is 19.8 Å². The minimum Gasteiger partial charge on any atom is -0.490 e. The van der Waals surface area contributed by atoms with Crippen LogP contribution >= 0.6 is 0 Å². The van der Waals surface area contributed by atoms with Crippen LogP contribution in [0.1, 0.15) is 13.3 Å². The van der Waals surface area contributed by atoms with Gasteiger partial charge in [-0.15, -0.1) is 0 Å². The molecule has 0 heterocycles. The number of carbonyl (C=O) groups is 2. The van der Waals surface area contributed by atoms with Gasteiger partial charge in [-0.1, -0.05) is 19.1 Å². The first-order chi connectivity index (χ1) is 13.1. The van der Waals surface area contributed by atoms with E-state index < -0.39 is 17.6 Å². The Morgan fingerprint density at radius 3 is 2.00 bits per heavy atom. The molecule has 0 aliphatic heterocycles. The molecule has 2 rings (SSSR count). The normalized spacial score (nSPS) is 10.0. The lowest BCUT2D eigenvalue weighted by molar-refractivity contribution is -0.131. The van der Waals surface area contributed by atoms with E-state index in [1.54, 1.807) is 24.3 Å². The zero-order chi connectivity index (χ0) is 19.5. The third-order valence-electron chi connectivity index (χ3n) is 3.19. The van der Waals surface area contributed by atoms with Crippen molar-refractivity contribution in [2.45, 2.75) is 13.3 Å². The van der Waals surface area contributed by atoms with E-state index in [1.807, 2.05) is 6.92 Å². The molecule has 27 heavy (non-hydrogen) atoms. The van der Waals surface area contributed by atoms with E-state index in [2.05, 4.69) is 10.9 Å². The fourth-order valence-electron chi connectivity index (χ4n) is 1.94. The third-order valence-corrected chi connectivity index (χ3v) is 3.19. The van der Waals surface area contributed by atoms with Crippen molar-refractivity contribution < 1.29 is 28.2 Å². The van der Waals surface area contributed by atoms with E-state index in [0.29, 0.717) is 23.9 Å². The van der Waals surface area contributed by atoms with E-state index in [1.165, 1.54) is 24.3 Å². The van der Waals surface area contributed by atoms with Gasteiger partial charge < -0.3 is 14.2 Å². The van der Waals surface area contributed by atoms with Gasteiger partial charge in [0.05, 0.1) is 6.61 Å². The summed E-state index contributed by atoms with van der Waals surface area (Å²) in [5.74, 6) is -0.198. The lowest BCUT2D eigenvalue weighted by atomic mass is 10.3. The first kappa shape index (κ1) is 20.0. The van der Waals surface area contributed by atoms with Gasteiger partial charge in [-0.3, -0.25) is 20.4 Å². The van der Waals surface area contributed by atoms with Crippen LogP contribution in [-0.2, 0) is 9.59 Å². The SMILES string of the molecule is CCCOc1ccccc1OCC(=O)NNC(=O)COc1ccc(F)cc1. The average molecular weight is 376 g/mol. The molecule has 0 unspecified atom stereocenters. The molecule has 0 atom stereocenters. The van der Waals surface area contributed by atoms with Gasteiger partial charge >= 0.3 is 0 Å². The van der Waals surface area contributed by atoms with Crippen LogP contribution in [0.4, 0.5) is 4.39 Å². The molecule has 8 heteroatoms. The fourth-order valence-corrected chi connectivity index (χ4v) is 1.94. The fraction of sp³-hybridized carbons (Fsp3) is 0.263. The standard InChI is InChI=1S/C19H21FN2O5/c1-2-11-25-16-5-3-4-6-17(16)27-13-19(24)22-21-18(23)12-26-15-9-7-14(20)8-10-15/h3-10H,2,11-13H2,1H3,(H,21,23)(H,22,24). The van der Waals surface area contributed by atoms with Crippen LogP contribution in [0.5, 0.6) is 17.2 Å². The number of amides is 2. The highest BCUT2D eigenvalue weighted by Crippen LogP contribution is 2.26. The van der Waals surface area contributed by atoms with Crippen molar-refractivity contribution in [3.63, 3.8) is 0 Å². The maximum Gasteiger partial charge on any atom is 0.276 e. The van der Waals surface area contributed by atoms with Crippen LogP contribution in [-0.4, -0.2) is 31.6 Å². The molecule has 2 N–H and O–H groups in total. The molecule has 0 spiro atoms. The summed E-state index contributed by atoms with van der Waals surface area (Å²) in [6.07, 6.45) is 0.848. The molecule has 0 bridgehead atoms. The quantitative estimate of drug-likeness (QED) is 0.656. The molecule has 0 aliphatic carbocycles. The Morgan fingerprint density at radius 2 is 1.41 bits per heavy atom. The van der Waals surface area contributed by atoms with Gasteiger partial charge in [-0.25, -0.2) is 4.39 Å². The average Bonchev–Trinajstić information content (AvgIpc) is 2.69. The second-order valence-electron chi connectivity index (χ2n) is 5.42. The highest BCUT2D eigenvalue weighted by Gasteiger charge is 2.09. The molecule has 2 aromatic rings. The Bertz CT molecular complexity index is 752. The summed E-state index contributed by atoms with van der Waals surface area (Å²) >= 11 is 0. The Labute approximate surface area is 156 Å². The first-order valence-corrected chi connectivity index (χ1v) is 8.39. The molecule has 0 fully saturated rings. The van der Waals surface area contributed by atoms with Crippen LogP contribution < -0.4 is 25.1 Å². The number of para-hydroxylation sites is 2. The van der Waals surface area contributed by atoms with Crippen LogP contribution in [0.2, 0.25) is 0 Å². The van der Waals surface area contributed by atoms with E-state index in [-0.39, 0.29) is 13.2 Å². The maximum atomic E-state index is 12.8. The summed E-state index contributed by atoms with van der Waals surface area (Å²) in [7, 11) is 0. The van der Waals surface area contributed by atoms with E-state index in [4.69, 9.17) is 14.2 Å². The molecular weight excluding hydrogens is 355 g/mol. The predicted molar refractivity (Wildman–Crippen MR) is 95.9 cm³/mol. The van der Waals surface area contributed by atoms with Crippen LogP contribution in [0.25, 0.3) is 0 Å². The Balaban J connectivity index is 1.70. The highest BCUT2D eigenvalue weighted by molar-refractivity contribution is 5.83. The minimum atomic E-state index is -0.570. The molecule has 2 aromatic carbocycles. The summed E-state index contributed by atoms with van der Waals surface area (Å²) in [4.78, 5) is 23.4. The molecule has 0 aliphatic rings. The maximum absolute atomic E-state index is 12.8. The topological polar surface area (TPSA) is 85.9 Å². The van der Waals surface area contributed by atoms with Gasteiger partial charge in [-0.05, 0) is 42.8 Å². The summed E-state index contributed by atoms with van der Waals surface area (Å²) in [5, 5.41) is 0. The molecule has 0 saturated carbocycles. The van der Waals surface area contributed by atoms with Crippen LogP contribution in [0.3, 0.4) is 0 Å². The molecular formula is C19H21FN2O5. The largest absolute Gasteiger partial charge is 0.490 e. The lowest BCUT2D eigenvalue weighted by Crippen LogP contribution is -2.45. The molecule has 2 amide bonds. The molecule has 7 nitrogen and oxygen atoms in total. The highest BCUT2D eigenvalue weighted by atomic mass is 19.1. The Morgan fingerprint density at radius 1 is 0.852 bits per heavy atom. The number of hydrogen-bond donors (Lipinski definition) is 2. The van der Waals surface area contributed by atoms with Crippen molar-refractivity contribution in [3.8, 4) is 17.2 Å². The monoisotopic (exact) mass is 376 g/mol. The zero-order valence-corrected chi connectivity index (χ0v) is 14.9. The molecule has 0 aromatic heterocycles. The van der Waals surface area contributed by atoms with Gasteiger partial charge in [-0.2, -0.15) is 0 Å². The molecule has 0 radical (unpaired) electrons. The van der Waals surface area contributed by atoms with E-state index in [0.717, 1.165) is 6.42 Å². The predicted octanol–water partition coefficient (Wildman–Crippen LogP) is 2.22. The number of ether oxygens (including phenoxy) is 3. The number of halogens is 1. The Hall–Kier alpha value is -3.29. The summed E-state index contributed by atoms with van der Waals surface area (Å²) in [6, 6.07) is 12.2. The number of carbonyl (C=O) groups excluding carboxylic acids is 2. The number of benzene rings is 2. The third kappa shape index (κ3) is 7.23. The summed E-state index contributed by atoms with van der Waals surface area (Å²) in [5.41, 5.74) is 4.42. The van der Waals surface area contributed by atoms with E-state index >= 15 is 0 Å². The number of rotatable bonds is 9. The van der Waals surface area contributed by atoms with E-state index in [9.17, 15) is 14.0 Å². The van der Waals surface area contributed by atoms with Crippen LogP contribution in [0.15, 0.2) is 48.5 Å². The first-order valence-electron chi connectivity index (χ1n) is 8.39. The van der Waals surface area contributed by atoms with Crippen molar-refractivity contribution in [1.82, 2.24) is 10.9 Å². The van der Waals surface area contributed by atoms with Crippen molar-refractivity contribution >= 4 is 11.8 Å². The lowest BCUT2D eigenvalue weighted by Gasteiger charge is -2.12. The van der Waals surface area contributed by atoms with Gasteiger partial charge in [0, 0.05) is 0 Å².